The third kappa shape index (κ3) is 2.81. The van der Waals surface area contributed by atoms with Gasteiger partial charge in [0.1, 0.15) is 0 Å². The molecular weight excluding hydrogens is 316 g/mol. The predicted molar refractivity (Wildman–Crippen MR) is 84.7 cm³/mol. The molecule has 0 saturated carbocycles. The highest BCUT2D eigenvalue weighted by Crippen LogP contribution is 2.28. The van der Waals surface area contributed by atoms with E-state index < -0.39 is 0 Å². The molecule has 1 aromatic rings. The third-order valence-corrected chi connectivity index (χ3v) is 5.77. The van der Waals surface area contributed by atoms with E-state index in [0.29, 0.717) is 0 Å². The Balaban J connectivity index is 1.68. The van der Waals surface area contributed by atoms with Gasteiger partial charge in [-0.25, -0.2) is 0 Å². The number of fused-ring (bicyclic) bond motifs is 1. The van der Waals surface area contributed by atoms with E-state index >= 15 is 0 Å². The number of hydrogen-bond acceptors (Lipinski definition) is 3. The van der Waals surface area contributed by atoms with Gasteiger partial charge >= 0.3 is 0 Å². The van der Waals surface area contributed by atoms with E-state index in [-0.39, 0.29) is 0 Å². The zero-order chi connectivity index (χ0) is 14.1. The van der Waals surface area contributed by atoms with E-state index in [1.54, 1.807) is 0 Å². The molecule has 0 aliphatic carbocycles. The first-order chi connectivity index (χ1) is 9.69. The van der Waals surface area contributed by atoms with Crippen LogP contribution in [0.1, 0.15) is 37.6 Å². The molecule has 3 heterocycles. The minimum Gasteiger partial charge on any atom is -0.314 e. The molecular formula is C15H25BrN4. The molecule has 2 fully saturated rings. The van der Waals surface area contributed by atoms with Crippen molar-refractivity contribution in [2.45, 2.75) is 45.2 Å². The third-order valence-electron chi connectivity index (χ3n) is 4.85. The summed E-state index contributed by atoms with van der Waals surface area (Å²) in [4.78, 5) is 2.61. The Morgan fingerprint density at radius 2 is 2.25 bits per heavy atom. The van der Waals surface area contributed by atoms with E-state index in [2.05, 4.69) is 45.2 Å². The van der Waals surface area contributed by atoms with Crippen molar-refractivity contribution >= 4 is 15.9 Å². The molecule has 0 spiro atoms. The number of aryl methyl sites for hydroxylation is 2. The van der Waals surface area contributed by atoms with Gasteiger partial charge in [-0.1, -0.05) is 6.92 Å². The highest BCUT2D eigenvalue weighted by Gasteiger charge is 2.31. The lowest BCUT2D eigenvalue weighted by atomic mass is 9.85. The summed E-state index contributed by atoms with van der Waals surface area (Å²) in [5, 5.41) is 8.29. The van der Waals surface area contributed by atoms with Gasteiger partial charge in [0.2, 0.25) is 0 Å². The molecule has 0 bridgehead atoms. The number of aromatic nitrogens is 2. The summed E-state index contributed by atoms with van der Waals surface area (Å²) in [6.07, 6.45) is 5.01. The second-order valence-electron chi connectivity index (χ2n) is 6.17. The molecule has 3 rings (SSSR count). The maximum absolute atomic E-state index is 4.61. The molecule has 20 heavy (non-hydrogen) atoms. The molecule has 1 aromatic heterocycles. The standard InChI is InChI=1S/C15H25BrN4/c1-3-12-15(16)14(19(2)18-12)10-20-8-6-13-11(9-20)5-4-7-17-13/h11,13,17H,3-10H2,1-2H3. The van der Waals surface area contributed by atoms with Gasteiger partial charge in [-0.15, -0.1) is 0 Å². The second-order valence-corrected chi connectivity index (χ2v) is 6.96. The molecule has 4 nitrogen and oxygen atoms in total. The van der Waals surface area contributed by atoms with Gasteiger partial charge in [0.15, 0.2) is 0 Å². The number of nitrogens with one attached hydrogen (secondary N) is 1. The van der Waals surface area contributed by atoms with Crippen LogP contribution in [0.15, 0.2) is 4.47 Å². The average molecular weight is 341 g/mol. The van der Waals surface area contributed by atoms with Gasteiger partial charge in [0.05, 0.1) is 15.9 Å². The van der Waals surface area contributed by atoms with Crippen molar-refractivity contribution in [3.8, 4) is 0 Å². The van der Waals surface area contributed by atoms with Gasteiger partial charge in [0, 0.05) is 32.7 Å². The number of nitrogens with zero attached hydrogens (tertiary/aromatic N) is 3. The molecule has 0 radical (unpaired) electrons. The molecule has 0 amide bonds. The smallest absolute Gasteiger partial charge is 0.0767 e. The van der Waals surface area contributed by atoms with Gasteiger partial charge < -0.3 is 5.32 Å². The van der Waals surface area contributed by atoms with Crippen LogP contribution in [0, 0.1) is 5.92 Å². The molecule has 5 heteroatoms. The minimum absolute atomic E-state index is 0.765. The topological polar surface area (TPSA) is 33.1 Å². The second kappa shape index (κ2) is 6.16. The van der Waals surface area contributed by atoms with Gasteiger partial charge in [-0.3, -0.25) is 9.58 Å². The van der Waals surface area contributed by atoms with Gasteiger partial charge in [0.25, 0.3) is 0 Å². The van der Waals surface area contributed by atoms with Crippen LogP contribution in [-0.4, -0.2) is 40.4 Å². The van der Waals surface area contributed by atoms with E-state index in [1.165, 1.54) is 54.8 Å². The molecule has 0 aromatic carbocycles. The fraction of sp³-hybridized carbons (Fsp3) is 0.800. The molecule has 2 saturated heterocycles. The largest absolute Gasteiger partial charge is 0.314 e. The van der Waals surface area contributed by atoms with Crippen molar-refractivity contribution < 1.29 is 0 Å². The quantitative estimate of drug-likeness (QED) is 0.916. The molecule has 2 atom stereocenters. The van der Waals surface area contributed by atoms with Gasteiger partial charge in [-0.2, -0.15) is 5.10 Å². The normalized spacial score (nSPS) is 27.6. The van der Waals surface area contributed by atoms with Crippen LogP contribution in [0.2, 0.25) is 0 Å². The van der Waals surface area contributed by atoms with E-state index in [0.717, 1.165) is 24.9 Å². The molecule has 112 valence electrons. The fourth-order valence-corrected chi connectivity index (χ4v) is 4.41. The van der Waals surface area contributed by atoms with Crippen molar-refractivity contribution in [1.82, 2.24) is 20.0 Å². The van der Waals surface area contributed by atoms with E-state index in [1.807, 2.05) is 4.68 Å². The number of piperidine rings is 2. The predicted octanol–water partition coefficient (Wildman–Crippen LogP) is 2.32. The highest BCUT2D eigenvalue weighted by molar-refractivity contribution is 9.10. The lowest BCUT2D eigenvalue weighted by Crippen LogP contribution is -2.51. The first-order valence-corrected chi connectivity index (χ1v) is 8.64. The Labute approximate surface area is 130 Å². The summed E-state index contributed by atoms with van der Waals surface area (Å²) >= 11 is 3.74. The lowest BCUT2D eigenvalue weighted by molar-refractivity contribution is 0.107. The van der Waals surface area contributed by atoms with Crippen LogP contribution in [0.3, 0.4) is 0 Å². The summed E-state index contributed by atoms with van der Waals surface area (Å²) in [5.74, 6) is 0.843. The van der Waals surface area contributed by atoms with Crippen LogP contribution in [0.5, 0.6) is 0 Å². The first kappa shape index (κ1) is 14.5. The number of hydrogen-bond donors (Lipinski definition) is 1. The zero-order valence-corrected chi connectivity index (χ0v) is 14.1. The average Bonchev–Trinajstić information content (AvgIpc) is 2.74. The fourth-order valence-electron chi connectivity index (χ4n) is 3.67. The van der Waals surface area contributed by atoms with Crippen LogP contribution < -0.4 is 5.32 Å². The highest BCUT2D eigenvalue weighted by atomic mass is 79.9. The SMILES string of the molecule is CCc1nn(C)c(CN2CCC3NCCCC3C2)c1Br. The summed E-state index contributed by atoms with van der Waals surface area (Å²) in [6, 6.07) is 0.765. The number of rotatable bonds is 3. The van der Waals surface area contributed by atoms with Crippen molar-refractivity contribution in [2.24, 2.45) is 13.0 Å². The van der Waals surface area contributed by atoms with E-state index in [9.17, 15) is 0 Å². The van der Waals surface area contributed by atoms with Gasteiger partial charge in [-0.05, 0) is 54.1 Å². The van der Waals surface area contributed by atoms with Crippen molar-refractivity contribution in [3.63, 3.8) is 0 Å². The van der Waals surface area contributed by atoms with Crippen molar-refractivity contribution in [2.75, 3.05) is 19.6 Å². The molecule has 2 aliphatic heterocycles. The van der Waals surface area contributed by atoms with Crippen molar-refractivity contribution in [3.05, 3.63) is 15.9 Å². The Morgan fingerprint density at radius 3 is 3.00 bits per heavy atom. The summed E-state index contributed by atoms with van der Waals surface area (Å²) < 4.78 is 3.26. The zero-order valence-electron chi connectivity index (χ0n) is 12.5. The Kier molecular flexibility index (Phi) is 4.48. The molecule has 2 aliphatic rings. The lowest BCUT2D eigenvalue weighted by Gasteiger charge is -2.41. The Hall–Kier alpha value is -0.390. The minimum atomic E-state index is 0.765. The maximum atomic E-state index is 4.61. The van der Waals surface area contributed by atoms with Crippen LogP contribution in [0.25, 0.3) is 0 Å². The molecule has 1 N–H and O–H groups in total. The first-order valence-electron chi connectivity index (χ1n) is 7.85. The van der Waals surface area contributed by atoms with E-state index in [4.69, 9.17) is 0 Å². The number of halogens is 1. The number of likely N-dealkylation sites (tertiary alicyclic amines) is 1. The maximum Gasteiger partial charge on any atom is 0.0767 e. The summed E-state index contributed by atoms with van der Waals surface area (Å²) in [6.45, 7) is 6.83. The van der Waals surface area contributed by atoms with Crippen molar-refractivity contribution in [1.29, 1.82) is 0 Å². The van der Waals surface area contributed by atoms with Crippen LogP contribution in [0.4, 0.5) is 0 Å². The monoisotopic (exact) mass is 340 g/mol. The molecule has 2 unspecified atom stereocenters. The Bertz CT molecular complexity index is 471. The van der Waals surface area contributed by atoms with Crippen LogP contribution >= 0.6 is 15.9 Å². The van der Waals surface area contributed by atoms with Crippen LogP contribution in [-0.2, 0) is 20.0 Å². The summed E-state index contributed by atoms with van der Waals surface area (Å²) in [5.41, 5.74) is 2.50. The Morgan fingerprint density at radius 1 is 1.40 bits per heavy atom. The summed E-state index contributed by atoms with van der Waals surface area (Å²) in [7, 11) is 2.06.